The summed E-state index contributed by atoms with van der Waals surface area (Å²) in [6, 6.07) is -0.842. The highest BCUT2D eigenvalue weighted by Crippen LogP contribution is 2.43. The van der Waals surface area contributed by atoms with Crippen LogP contribution in [-0.4, -0.2) is 73.4 Å². The van der Waals surface area contributed by atoms with E-state index in [0.717, 1.165) is 32.1 Å². The van der Waals surface area contributed by atoms with Crippen molar-refractivity contribution in [1.82, 2.24) is 5.32 Å². The van der Waals surface area contributed by atoms with Crippen molar-refractivity contribution < 1.29 is 32.9 Å². The second-order valence-corrected chi connectivity index (χ2v) is 24.3. The highest BCUT2D eigenvalue weighted by Gasteiger charge is 2.27. The van der Waals surface area contributed by atoms with Gasteiger partial charge in [-0.1, -0.05) is 309 Å². The van der Waals surface area contributed by atoms with Crippen molar-refractivity contribution >= 4 is 13.7 Å². The first-order chi connectivity index (χ1) is 34.0. The van der Waals surface area contributed by atoms with Gasteiger partial charge in [-0.25, -0.2) is 4.57 Å². The molecule has 0 bridgehead atoms. The molecule has 0 heterocycles. The Morgan fingerprint density at radius 2 is 0.757 bits per heavy atom. The first-order valence-corrected chi connectivity index (χ1v) is 32.6. The van der Waals surface area contributed by atoms with E-state index in [2.05, 4.69) is 19.2 Å². The van der Waals surface area contributed by atoms with Crippen LogP contribution in [0.2, 0.25) is 0 Å². The normalized spacial score (nSPS) is 13.9. The predicted molar refractivity (Wildman–Crippen MR) is 305 cm³/mol. The summed E-state index contributed by atoms with van der Waals surface area (Å²) in [6.45, 7) is 4.88. The van der Waals surface area contributed by atoms with Crippen molar-refractivity contribution in [2.24, 2.45) is 0 Å². The van der Waals surface area contributed by atoms with E-state index in [1.54, 1.807) is 6.08 Å². The molecule has 0 aromatic heterocycles. The Balaban J connectivity index is 4.11. The molecule has 9 heteroatoms. The quantitative estimate of drug-likeness (QED) is 0.0243. The minimum Gasteiger partial charge on any atom is -0.387 e. The lowest BCUT2D eigenvalue weighted by Gasteiger charge is -2.25. The van der Waals surface area contributed by atoms with Crippen molar-refractivity contribution in [3.05, 3.63) is 12.2 Å². The third-order valence-corrected chi connectivity index (χ3v) is 15.5. The van der Waals surface area contributed by atoms with Crippen molar-refractivity contribution in [1.29, 1.82) is 0 Å². The van der Waals surface area contributed by atoms with Gasteiger partial charge in [-0.05, 0) is 19.3 Å². The highest BCUT2D eigenvalue weighted by molar-refractivity contribution is 7.47. The number of amides is 1. The number of rotatable bonds is 58. The minimum absolute atomic E-state index is 0.0653. The largest absolute Gasteiger partial charge is 0.472 e. The summed E-state index contributed by atoms with van der Waals surface area (Å²) in [5, 5.41) is 14.0. The second kappa shape index (κ2) is 53.1. The van der Waals surface area contributed by atoms with Gasteiger partial charge in [0.25, 0.3) is 0 Å². The molecular formula is C61H124N2O6P+. The van der Waals surface area contributed by atoms with Crippen LogP contribution in [0.15, 0.2) is 12.2 Å². The summed E-state index contributed by atoms with van der Waals surface area (Å²) in [5.41, 5.74) is 0. The number of nitrogens with zero attached hydrogens (tertiary/aromatic N) is 1. The van der Waals surface area contributed by atoms with Gasteiger partial charge in [0.1, 0.15) is 13.2 Å². The Labute approximate surface area is 437 Å². The van der Waals surface area contributed by atoms with Gasteiger partial charge in [-0.3, -0.25) is 13.8 Å². The van der Waals surface area contributed by atoms with Crippen LogP contribution in [0, 0.1) is 0 Å². The van der Waals surface area contributed by atoms with Crippen LogP contribution in [0.25, 0.3) is 0 Å². The van der Waals surface area contributed by atoms with E-state index in [0.29, 0.717) is 17.4 Å². The van der Waals surface area contributed by atoms with Gasteiger partial charge in [0.2, 0.25) is 5.91 Å². The molecule has 0 rings (SSSR count). The summed E-state index contributed by atoms with van der Waals surface area (Å²) < 4.78 is 23.8. The number of carbonyl (C=O) groups excluding carboxylic acids is 1. The fourth-order valence-corrected chi connectivity index (χ4v) is 10.4. The van der Waals surface area contributed by atoms with Gasteiger partial charge < -0.3 is 19.8 Å². The fourth-order valence-electron chi connectivity index (χ4n) is 9.63. The van der Waals surface area contributed by atoms with Gasteiger partial charge in [0, 0.05) is 6.42 Å². The van der Waals surface area contributed by atoms with E-state index >= 15 is 0 Å². The fraction of sp³-hybridized carbons (Fsp3) is 0.951. The highest BCUT2D eigenvalue weighted by atomic mass is 31.2. The molecule has 0 aromatic carbocycles. The molecule has 0 saturated carbocycles. The average Bonchev–Trinajstić information content (AvgIpc) is 3.32. The van der Waals surface area contributed by atoms with Crippen molar-refractivity contribution in [3.8, 4) is 0 Å². The van der Waals surface area contributed by atoms with Crippen molar-refractivity contribution in [2.75, 3.05) is 40.9 Å². The zero-order valence-electron chi connectivity index (χ0n) is 47.8. The molecule has 0 spiro atoms. The SMILES string of the molecule is CCCCCCCCCCCCCCCCCCCCCCCCCCCC/C=C/C(O)C(COP(=O)(O)OCC[N+](C)(C)C)NC(=O)CCCCCCCCCCCCCCCCCCCCCC. The Morgan fingerprint density at radius 3 is 1.06 bits per heavy atom. The number of quaternary nitrogens is 1. The first-order valence-electron chi connectivity index (χ1n) is 31.1. The molecule has 0 aliphatic carbocycles. The van der Waals surface area contributed by atoms with Gasteiger partial charge >= 0.3 is 7.82 Å². The topological polar surface area (TPSA) is 105 Å². The van der Waals surface area contributed by atoms with Crippen LogP contribution in [-0.2, 0) is 18.4 Å². The molecule has 0 radical (unpaired) electrons. The van der Waals surface area contributed by atoms with E-state index in [4.69, 9.17) is 9.05 Å². The lowest BCUT2D eigenvalue weighted by Crippen LogP contribution is -2.45. The summed E-state index contributed by atoms with van der Waals surface area (Å²) in [7, 11) is 1.59. The van der Waals surface area contributed by atoms with E-state index < -0.39 is 20.0 Å². The Kier molecular flexibility index (Phi) is 52.5. The molecule has 3 atom stereocenters. The van der Waals surface area contributed by atoms with Crippen molar-refractivity contribution in [2.45, 2.75) is 334 Å². The maximum Gasteiger partial charge on any atom is 0.472 e. The number of unbranched alkanes of at least 4 members (excludes halogenated alkanes) is 45. The van der Waals surface area contributed by atoms with E-state index in [1.807, 2.05) is 27.2 Å². The summed E-state index contributed by atoms with van der Waals surface area (Å²) in [6.07, 6.45) is 66.1. The number of nitrogens with one attached hydrogen (secondary N) is 1. The first kappa shape index (κ1) is 69.2. The molecule has 0 saturated heterocycles. The van der Waals surface area contributed by atoms with E-state index in [1.165, 1.54) is 270 Å². The number of carbonyl (C=O) groups is 1. The average molecular weight is 1010 g/mol. The lowest BCUT2D eigenvalue weighted by molar-refractivity contribution is -0.870. The molecular weight excluding hydrogens is 888 g/mol. The third kappa shape index (κ3) is 55.0. The maximum absolute atomic E-state index is 13.0. The minimum atomic E-state index is -4.34. The molecule has 3 N–H and O–H groups in total. The molecule has 0 aliphatic rings. The van der Waals surface area contributed by atoms with Gasteiger partial charge in [0.15, 0.2) is 0 Å². The number of likely N-dealkylation sites (N-methyl/N-ethyl adjacent to an activating group) is 1. The van der Waals surface area contributed by atoms with Crippen LogP contribution < -0.4 is 5.32 Å². The number of aliphatic hydroxyl groups excluding tert-OH is 1. The number of phosphoric ester groups is 1. The molecule has 0 fully saturated rings. The number of phosphoric acid groups is 1. The molecule has 0 aliphatic heterocycles. The zero-order chi connectivity index (χ0) is 51.3. The lowest BCUT2D eigenvalue weighted by atomic mass is 10.0. The van der Waals surface area contributed by atoms with Crippen LogP contribution in [0.3, 0.4) is 0 Å². The van der Waals surface area contributed by atoms with E-state index in [9.17, 15) is 19.4 Å². The zero-order valence-corrected chi connectivity index (χ0v) is 48.7. The summed E-state index contributed by atoms with van der Waals surface area (Å²) in [5.74, 6) is -0.169. The van der Waals surface area contributed by atoms with Crippen LogP contribution in [0.1, 0.15) is 322 Å². The van der Waals surface area contributed by atoms with Crippen LogP contribution in [0.4, 0.5) is 0 Å². The second-order valence-electron chi connectivity index (χ2n) is 22.8. The molecule has 0 aromatic rings. The van der Waals surface area contributed by atoms with Crippen molar-refractivity contribution in [3.63, 3.8) is 0 Å². The maximum atomic E-state index is 13.0. The number of allylic oxidation sites excluding steroid dienone is 1. The summed E-state index contributed by atoms with van der Waals surface area (Å²) in [4.78, 5) is 23.3. The molecule has 70 heavy (non-hydrogen) atoms. The smallest absolute Gasteiger partial charge is 0.387 e. The molecule has 3 unspecified atom stereocenters. The standard InChI is InChI=1S/C61H123N2O6P/c1-6-8-10-12-14-16-18-20-22-24-26-28-29-30-31-32-33-34-35-36-38-40-42-44-46-48-50-52-54-60(64)59(58-69-70(66,67)68-57-56-63(3,4)5)62-61(65)55-53-51-49-47-45-43-41-39-37-27-25-23-21-19-17-15-13-11-9-7-2/h52,54,59-60,64H,6-51,53,55-58H2,1-5H3,(H-,62,65,66,67)/p+1/b54-52+. The number of hydrogen-bond donors (Lipinski definition) is 3. The van der Waals surface area contributed by atoms with Crippen LogP contribution >= 0.6 is 7.82 Å². The Hall–Kier alpha value is -0.760. The van der Waals surface area contributed by atoms with E-state index in [-0.39, 0.29) is 19.1 Å². The molecule has 418 valence electrons. The van der Waals surface area contributed by atoms with Gasteiger partial charge in [-0.15, -0.1) is 0 Å². The van der Waals surface area contributed by atoms with Crippen LogP contribution in [0.5, 0.6) is 0 Å². The third-order valence-electron chi connectivity index (χ3n) is 14.5. The number of aliphatic hydroxyl groups is 1. The van der Waals surface area contributed by atoms with Gasteiger partial charge in [0.05, 0.1) is 39.9 Å². The van der Waals surface area contributed by atoms with Gasteiger partial charge in [-0.2, -0.15) is 0 Å². The molecule has 1 amide bonds. The monoisotopic (exact) mass is 1010 g/mol. The Bertz CT molecular complexity index is 1150. The number of hydrogen-bond acceptors (Lipinski definition) is 5. The molecule has 8 nitrogen and oxygen atoms in total. The Morgan fingerprint density at radius 1 is 0.471 bits per heavy atom. The summed E-state index contributed by atoms with van der Waals surface area (Å²) >= 11 is 0. The predicted octanol–water partition coefficient (Wildman–Crippen LogP) is 19.0.